The minimum atomic E-state index is -0.635. The molecule has 3 amide bonds. The molecule has 232 valence electrons. The van der Waals surface area contributed by atoms with Crippen LogP contribution in [0.25, 0.3) is 6.08 Å². The summed E-state index contributed by atoms with van der Waals surface area (Å²) in [6.45, 7) is 0. The molecular formula is C36H31N3O6S. The van der Waals surface area contributed by atoms with Crippen LogP contribution in [0.5, 0.6) is 11.5 Å². The Morgan fingerprint density at radius 2 is 1.43 bits per heavy atom. The van der Waals surface area contributed by atoms with Crippen molar-refractivity contribution in [2.75, 3.05) is 24.9 Å². The van der Waals surface area contributed by atoms with Gasteiger partial charge in [-0.3, -0.25) is 14.4 Å². The van der Waals surface area contributed by atoms with Crippen LogP contribution in [0.3, 0.4) is 0 Å². The molecule has 0 saturated carbocycles. The Morgan fingerprint density at radius 3 is 2.09 bits per heavy atom. The second-order valence-electron chi connectivity index (χ2n) is 9.87. The van der Waals surface area contributed by atoms with E-state index >= 15 is 0 Å². The van der Waals surface area contributed by atoms with Crippen LogP contribution in [0.4, 0.5) is 11.4 Å². The smallest absolute Gasteiger partial charge is 0.272 e. The second kappa shape index (κ2) is 15.3. The van der Waals surface area contributed by atoms with E-state index in [4.69, 9.17) is 13.9 Å². The fourth-order valence-electron chi connectivity index (χ4n) is 4.43. The van der Waals surface area contributed by atoms with Crippen molar-refractivity contribution in [3.8, 4) is 11.5 Å². The molecule has 0 saturated heterocycles. The number of carbonyl (C=O) groups excluding carboxylic acids is 3. The average Bonchev–Trinajstić information content (AvgIpc) is 3.61. The molecule has 4 aromatic carbocycles. The summed E-state index contributed by atoms with van der Waals surface area (Å²) in [4.78, 5) is 40.8. The SMILES string of the molecule is COc1cc(NC(=O)C(Sc2cccc(NC(=O)/C(=C/c3ccco3)NC(=O)c3ccccc3)c2)c2ccccc2)cc(OC)c1. The largest absolute Gasteiger partial charge is 0.497 e. The van der Waals surface area contributed by atoms with Gasteiger partial charge in [0.1, 0.15) is 28.2 Å². The highest BCUT2D eigenvalue weighted by atomic mass is 32.2. The fraction of sp³-hybridized carbons (Fsp3) is 0.0833. The minimum Gasteiger partial charge on any atom is -0.497 e. The lowest BCUT2D eigenvalue weighted by Crippen LogP contribution is -2.30. The van der Waals surface area contributed by atoms with E-state index in [0.29, 0.717) is 34.2 Å². The predicted octanol–water partition coefficient (Wildman–Crippen LogP) is 7.18. The molecule has 5 aromatic rings. The maximum Gasteiger partial charge on any atom is 0.272 e. The highest BCUT2D eigenvalue weighted by molar-refractivity contribution is 8.00. The van der Waals surface area contributed by atoms with Crippen molar-refractivity contribution in [2.45, 2.75) is 10.1 Å². The summed E-state index contributed by atoms with van der Waals surface area (Å²) in [6, 6.07) is 33.6. The Hall–Kier alpha value is -5.74. The summed E-state index contributed by atoms with van der Waals surface area (Å²) in [6.07, 6.45) is 2.93. The summed E-state index contributed by atoms with van der Waals surface area (Å²) in [5.74, 6) is 0.238. The number of amides is 3. The van der Waals surface area contributed by atoms with E-state index in [9.17, 15) is 14.4 Å². The van der Waals surface area contributed by atoms with Crippen LogP contribution >= 0.6 is 11.8 Å². The second-order valence-corrected chi connectivity index (χ2v) is 11.1. The number of furan rings is 1. The van der Waals surface area contributed by atoms with Crippen molar-refractivity contribution in [2.24, 2.45) is 0 Å². The lowest BCUT2D eigenvalue weighted by molar-refractivity contribution is -0.116. The van der Waals surface area contributed by atoms with Crippen molar-refractivity contribution in [1.29, 1.82) is 0 Å². The number of methoxy groups -OCH3 is 2. The highest BCUT2D eigenvalue weighted by Crippen LogP contribution is 2.38. The topological polar surface area (TPSA) is 119 Å². The van der Waals surface area contributed by atoms with Gasteiger partial charge in [0.15, 0.2) is 0 Å². The summed E-state index contributed by atoms with van der Waals surface area (Å²) in [5, 5.41) is 7.89. The van der Waals surface area contributed by atoms with Gasteiger partial charge in [-0.05, 0) is 48.0 Å². The van der Waals surface area contributed by atoms with Crippen molar-refractivity contribution in [3.05, 3.63) is 144 Å². The van der Waals surface area contributed by atoms with Gasteiger partial charge in [-0.15, -0.1) is 11.8 Å². The molecule has 1 atom stereocenters. The van der Waals surface area contributed by atoms with Crippen LogP contribution in [0.2, 0.25) is 0 Å². The number of carbonyl (C=O) groups is 3. The Balaban J connectivity index is 1.36. The number of thioether (sulfide) groups is 1. The molecule has 1 aromatic heterocycles. The Bertz CT molecular complexity index is 1800. The first-order chi connectivity index (χ1) is 22.4. The molecule has 0 radical (unpaired) electrons. The quantitative estimate of drug-likeness (QED) is 0.0984. The maximum absolute atomic E-state index is 13.7. The van der Waals surface area contributed by atoms with E-state index in [1.165, 1.54) is 24.1 Å². The summed E-state index contributed by atoms with van der Waals surface area (Å²) >= 11 is 1.33. The van der Waals surface area contributed by atoms with Gasteiger partial charge in [0.05, 0.1) is 20.5 Å². The molecule has 10 heteroatoms. The van der Waals surface area contributed by atoms with E-state index in [1.807, 2.05) is 36.4 Å². The van der Waals surface area contributed by atoms with Crippen LogP contribution in [-0.4, -0.2) is 31.9 Å². The monoisotopic (exact) mass is 633 g/mol. The molecule has 46 heavy (non-hydrogen) atoms. The Morgan fingerprint density at radius 1 is 0.739 bits per heavy atom. The molecule has 1 heterocycles. The van der Waals surface area contributed by atoms with Crippen molar-refractivity contribution >= 4 is 46.9 Å². The van der Waals surface area contributed by atoms with Gasteiger partial charge in [0.25, 0.3) is 11.8 Å². The van der Waals surface area contributed by atoms with Crippen LogP contribution in [0, 0.1) is 0 Å². The zero-order valence-electron chi connectivity index (χ0n) is 25.1. The zero-order chi connectivity index (χ0) is 32.3. The highest BCUT2D eigenvalue weighted by Gasteiger charge is 2.23. The molecule has 9 nitrogen and oxygen atoms in total. The van der Waals surface area contributed by atoms with Crippen molar-refractivity contribution in [3.63, 3.8) is 0 Å². The molecule has 0 fully saturated rings. The molecule has 0 aliphatic heterocycles. The van der Waals surface area contributed by atoms with Crippen LogP contribution in [0.15, 0.2) is 137 Å². The molecule has 0 aliphatic carbocycles. The fourth-order valence-corrected chi connectivity index (χ4v) is 5.51. The van der Waals surface area contributed by atoms with Gasteiger partial charge < -0.3 is 29.8 Å². The zero-order valence-corrected chi connectivity index (χ0v) is 25.9. The van der Waals surface area contributed by atoms with Gasteiger partial charge in [0.2, 0.25) is 5.91 Å². The third-order valence-electron chi connectivity index (χ3n) is 6.66. The number of benzene rings is 4. The third kappa shape index (κ3) is 8.46. The van der Waals surface area contributed by atoms with Crippen LogP contribution < -0.4 is 25.4 Å². The maximum atomic E-state index is 13.7. The van der Waals surface area contributed by atoms with Crippen LogP contribution in [0.1, 0.15) is 26.9 Å². The molecule has 0 bridgehead atoms. The standard InChI is InChI=1S/C36H31N3O6S/c1-43-29-19-27(20-30(22-29)44-2)38-36(42)33(24-11-5-3-6-12-24)46-31-17-9-15-26(21-31)37-35(41)32(23-28-16-10-18-45-28)39-34(40)25-13-7-4-8-14-25/h3-23,33H,1-2H3,(H,37,41)(H,38,42)(H,39,40)/b32-23-. The molecule has 0 spiro atoms. The van der Waals surface area contributed by atoms with E-state index in [0.717, 1.165) is 10.5 Å². The third-order valence-corrected chi connectivity index (χ3v) is 7.91. The predicted molar refractivity (Wildman–Crippen MR) is 179 cm³/mol. The average molecular weight is 634 g/mol. The molecule has 3 N–H and O–H groups in total. The number of anilines is 2. The minimum absolute atomic E-state index is 0.00267. The Kier molecular flexibility index (Phi) is 10.5. The number of nitrogens with one attached hydrogen (secondary N) is 3. The van der Waals surface area contributed by atoms with Gasteiger partial charge in [-0.1, -0.05) is 54.6 Å². The van der Waals surface area contributed by atoms with Gasteiger partial charge in [0, 0.05) is 46.1 Å². The lowest BCUT2D eigenvalue weighted by Gasteiger charge is -2.18. The van der Waals surface area contributed by atoms with Gasteiger partial charge >= 0.3 is 0 Å². The first-order valence-corrected chi connectivity index (χ1v) is 15.1. The molecule has 1 unspecified atom stereocenters. The summed E-state index contributed by atoms with van der Waals surface area (Å²) in [5.41, 5.74) is 2.19. The van der Waals surface area contributed by atoms with E-state index < -0.39 is 17.1 Å². The van der Waals surface area contributed by atoms with E-state index in [1.54, 1.807) is 93.1 Å². The number of hydrogen-bond donors (Lipinski definition) is 3. The first-order valence-electron chi connectivity index (χ1n) is 14.2. The van der Waals surface area contributed by atoms with Crippen LogP contribution in [-0.2, 0) is 9.59 Å². The molecule has 5 rings (SSSR count). The van der Waals surface area contributed by atoms with Gasteiger partial charge in [-0.2, -0.15) is 0 Å². The van der Waals surface area contributed by atoms with Crippen molar-refractivity contribution < 1.29 is 28.3 Å². The van der Waals surface area contributed by atoms with Crippen molar-refractivity contribution in [1.82, 2.24) is 5.32 Å². The summed E-state index contributed by atoms with van der Waals surface area (Å²) < 4.78 is 16.1. The lowest BCUT2D eigenvalue weighted by atomic mass is 10.1. The number of hydrogen-bond acceptors (Lipinski definition) is 7. The van der Waals surface area contributed by atoms with E-state index in [2.05, 4.69) is 16.0 Å². The Labute approximate surface area is 270 Å². The number of rotatable bonds is 12. The van der Waals surface area contributed by atoms with E-state index in [-0.39, 0.29) is 11.6 Å². The normalized spacial score (nSPS) is 11.7. The first kappa shape index (κ1) is 31.7. The van der Waals surface area contributed by atoms with Gasteiger partial charge in [-0.25, -0.2) is 0 Å². The molecular weight excluding hydrogens is 602 g/mol. The molecule has 0 aliphatic rings. The number of ether oxygens (including phenoxy) is 2. The summed E-state index contributed by atoms with van der Waals surface area (Å²) in [7, 11) is 3.09.